The molecule has 7 fully saturated rings. The number of hydrogen-bond donors (Lipinski definition) is 6. The van der Waals surface area contributed by atoms with Crippen molar-refractivity contribution in [3.63, 3.8) is 0 Å². The highest BCUT2D eigenvalue weighted by atomic mass is 16.7. The fourth-order valence-corrected chi connectivity index (χ4v) is 12.9. The summed E-state index contributed by atoms with van der Waals surface area (Å²) in [5.74, 6) is 0.174. The minimum absolute atomic E-state index is 0.0203. The van der Waals surface area contributed by atoms with E-state index in [9.17, 15) is 35.4 Å². The molecule has 8 rings (SSSR count). The summed E-state index contributed by atoms with van der Waals surface area (Å²) in [6.07, 6.45) is -1.26. The molecule has 0 unspecified atom stereocenters. The summed E-state index contributed by atoms with van der Waals surface area (Å²) in [6.45, 7) is 9.98. The number of hydrogen-bond acceptors (Lipinski definition) is 14. The van der Waals surface area contributed by atoms with E-state index in [0.717, 1.165) is 50.5 Å². The van der Waals surface area contributed by atoms with Crippen LogP contribution in [-0.4, -0.2) is 135 Å². The van der Waals surface area contributed by atoms with Gasteiger partial charge in [0.2, 0.25) is 0 Å². The smallest absolute Gasteiger partial charge is 0.331 e. The van der Waals surface area contributed by atoms with Crippen LogP contribution in [0.15, 0.2) is 11.6 Å². The monoisotopic (exact) mass is 780 g/mol. The molecular weight excluding hydrogens is 716 g/mol. The minimum atomic E-state index is -1.01. The van der Waals surface area contributed by atoms with Gasteiger partial charge in [0.15, 0.2) is 18.9 Å². The van der Waals surface area contributed by atoms with Crippen LogP contribution in [0.2, 0.25) is 0 Å². The first-order valence-corrected chi connectivity index (χ1v) is 20.9. The molecule has 0 radical (unpaired) electrons. The third kappa shape index (κ3) is 7.05. The van der Waals surface area contributed by atoms with Crippen LogP contribution in [0.1, 0.15) is 105 Å². The Morgan fingerprint density at radius 2 is 1.29 bits per heavy atom. The van der Waals surface area contributed by atoms with Crippen LogP contribution in [0, 0.1) is 34.5 Å². The Balaban J connectivity index is 0.834. The molecule has 4 saturated carbocycles. The quantitative estimate of drug-likeness (QED) is 0.162. The third-order valence-corrected chi connectivity index (χ3v) is 15.8. The summed E-state index contributed by atoms with van der Waals surface area (Å²) in [7, 11) is 0. The van der Waals surface area contributed by atoms with Crippen molar-refractivity contribution in [2.45, 2.75) is 197 Å². The number of cyclic esters (lactones) is 1. The molecule has 21 atom stereocenters. The van der Waals surface area contributed by atoms with Crippen molar-refractivity contribution in [1.29, 1.82) is 0 Å². The van der Waals surface area contributed by atoms with Crippen LogP contribution in [0.5, 0.6) is 0 Å². The maximum atomic E-state index is 12.6. The molecule has 6 N–H and O–H groups in total. The van der Waals surface area contributed by atoms with Crippen molar-refractivity contribution in [2.75, 3.05) is 6.61 Å². The zero-order chi connectivity index (χ0) is 39.2. The molecule has 55 heavy (non-hydrogen) atoms. The highest BCUT2D eigenvalue weighted by Gasteiger charge is 2.70. The van der Waals surface area contributed by atoms with E-state index in [1.165, 1.54) is 6.08 Å². The van der Waals surface area contributed by atoms with Crippen molar-refractivity contribution in [1.82, 2.24) is 0 Å². The average molecular weight is 781 g/mol. The van der Waals surface area contributed by atoms with E-state index in [2.05, 4.69) is 13.8 Å². The first-order valence-electron chi connectivity index (χ1n) is 20.9. The van der Waals surface area contributed by atoms with Crippen molar-refractivity contribution >= 4 is 5.97 Å². The molecule has 0 amide bonds. The van der Waals surface area contributed by atoms with Gasteiger partial charge < -0.3 is 63.8 Å². The van der Waals surface area contributed by atoms with Crippen molar-refractivity contribution in [3.8, 4) is 0 Å². The molecule has 0 spiro atoms. The van der Waals surface area contributed by atoms with E-state index < -0.39 is 90.9 Å². The SMILES string of the molecule is C[C@@H]1O[C@H](O[C@H]2CC[C@@]3(C)[C@H](CC[C@@H]4[C@@H]3CC[C@]3(C)[C@@H](C5=CC(=O)OC5)[C@@H](O)C[C@]43O)C2)C[C@H](O)[C@H]1O[C@@H]1C[C@H](O)[C@@H](O[C@H]2C[C@H](O)[C@@H](O)[C@@H](C)O2)[C@H](C)O1. The van der Waals surface area contributed by atoms with E-state index >= 15 is 0 Å². The molecule has 14 heteroatoms. The van der Waals surface area contributed by atoms with Gasteiger partial charge in [0.1, 0.15) is 24.9 Å². The topological polar surface area (TPSA) is 203 Å². The molecule has 0 bridgehead atoms. The maximum Gasteiger partial charge on any atom is 0.331 e. The predicted octanol–water partition coefficient (Wildman–Crippen LogP) is 2.22. The summed E-state index contributed by atoms with van der Waals surface area (Å²) in [5, 5.41) is 66.3. The number of rotatable bonds is 7. The predicted molar refractivity (Wildman–Crippen MR) is 193 cm³/mol. The number of carbonyl (C=O) groups is 1. The van der Waals surface area contributed by atoms with Crippen molar-refractivity contribution in [2.24, 2.45) is 34.5 Å². The second-order valence-corrected chi connectivity index (χ2v) is 18.9. The van der Waals surface area contributed by atoms with Crippen LogP contribution in [0.4, 0.5) is 0 Å². The second-order valence-electron chi connectivity index (χ2n) is 18.9. The fourth-order valence-electron chi connectivity index (χ4n) is 12.9. The lowest BCUT2D eigenvalue weighted by molar-refractivity contribution is -0.336. The van der Waals surface area contributed by atoms with Crippen LogP contribution >= 0.6 is 0 Å². The summed E-state index contributed by atoms with van der Waals surface area (Å²) in [4.78, 5) is 12.0. The lowest BCUT2D eigenvalue weighted by Crippen LogP contribution is -2.62. The van der Waals surface area contributed by atoms with Gasteiger partial charge in [-0.1, -0.05) is 13.8 Å². The highest BCUT2D eigenvalue weighted by Crippen LogP contribution is 2.70. The van der Waals surface area contributed by atoms with Gasteiger partial charge in [0.05, 0.1) is 54.4 Å². The van der Waals surface area contributed by atoms with Gasteiger partial charge in [-0.2, -0.15) is 0 Å². The summed E-state index contributed by atoms with van der Waals surface area (Å²) < 4.78 is 42.1. The minimum Gasteiger partial charge on any atom is -0.458 e. The van der Waals surface area contributed by atoms with Crippen molar-refractivity contribution < 1.29 is 68.6 Å². The standard InChI is InChI=1S/C41H64O14/c1-19-36(47)27(42)14-33(50-19)54-38-21(3)52-34(16-29(38)44)55-37-20(2)51-32(15-28(37)43)53-24-8-10-39(4)23(13-24)6-7-26-25(39)9-11-40(5)35(22-12-31(46)49-18-22)30(45)17-41(26,40)48/h12,19-21,23-30,32-38,42-45,47-48H,6-11,13-18H2,1-5H3/t19-,20+,21+,23-,24+,25+,26-,27+,28+,29+,30+,32-,33+,34-,35+,36+,37+,38+,39+,40-,41+/m1/s1. The Bertz CT molecular complexity index is 1410. The van der Waals surface area contributed by atoms with Crippen LogP contribution in [0.25, 0.3) is 0 Å². The van der Waals surface area contributed by atoms with E-state index in [4.69, 9.17) is 33.2 Å². The van der Waals surface area contributed by atoms with Crippen LogP contribution in [0.3, 0.4) is 0 Å². The molecule has 3 saturated heterocycles. The van der Waals surface area contributed by atoms with Crippen LogP contribution in [-0.2, 0) is 38.0 Å². The number of fused-ring (bicyclic) bond motifs is 5. The first-order chi connectivity index (χ1) is 26.0. The lowest BCUT2D eigenvalue weighted by Gasteiger charge is -2.63. The number of ether oxygens (including phenoxy) is 7. The van der Waals surface area contributed by atoms with E-state index in [-0.39, 0.29) is 55.2 Å². The summed E-state index contributed by atoms with van der Waals surface area (Å²) >= 11 is 0. The number of esters is 1. The van der Waals surface area contributed by atoms with Gasteiger partial charge in [-0.3, -0.25) is 0 Å². The Morgan fingerprint density at radius 3 is 1.87 bits per heavy atom. The highest BCUT2D eigenvalue weighted by molar-refractivity contribution is 5.85. The molecule has 14 nitrogen and oxygen atoms in total. The van der Waals surface area contributed by atoms with E-state index in [0.29, 0.717) is 18.3 Å². The molecular formula is C41H64O14. The normalized spacial score (nSPS) is 55.5. The average Bonchev–Trinajstić information content (AvgIpc) is 3.62. The van der Waals surface area contributed by atoms with Gasteiger partial charge in [0.25, 0.3) is 0 Å². The maximum absolute atomic E-state index is 12.6. The molecule has 0 aromatic heterocycles. The summed E-state index contributed by atoms with van der Waals surface area (Å²) in [5.41, 5.74) is -0.686. The summed E-state index contributed by atoms with van der Waals surface area (Å²) in [6, 6.07) is 0. The zero-order valence-corrected chi connectivity index (χ0v) is 32.9. The molecule has 312 valence electrons. The van der Waals surface area contributed by atoms with Gasteiger partial charge in [-0.25, -0.2) is 4.79 Å². The molecule has 4 aliphatic carbocycles. The van der Waals surface area contributed by atoms with Gasteiger partial charge >= 0.3 is 5.97 Å². The van der Waals surface area contributed by atoms with Crippen molar-refractivity contribution in [3.05, 3.63) is 11.6 Å². The Kier molecular flexibility index (Phi) is 11.1. The Morgan fingerprint density at radius 1 is 0.691 bits per heavy atom. The van der Waals surface area contributed by atoms with Gasteiger partial charge in [0, 0.05) is 43.1 Å². The van der Waals surface area contributed by atoms with E-state index in [1.54, 1.807) is 13.8 Å². The third-order valence-electron chi connectivity index (χ3n) is 15.8. The van der Waals surface area contributed by atoms with E-state index in [1.807, 2.05) is 6.92 Å². The lowest BCUT2D eigenvalue weighted by atomic mass is 9.43. The number of aliphatic hydroxyl groups is 6. The molecule has 0 aromatic carbocycles. The molecule has 8 aliphatic rings. The van der Waals surface area contributed by atoms with Gasteiger partial charge in [-0.15, -0.1) is 0 Å². The Labute approximate surface area is 323 Å². The zero-order valence-electron chi connectivity index (χ0n) is 32.9. The largest absolute Gasteiger partial charge is 0.458 e. The van der Waals surface area contributed by atoms with Crippen LogP contribution < -0.4 is 0 Å². The molecule has 4 heterocycles. The van der Waals surface area contributed by atoms with Gasteiger partial charge in [-0.05, 0) is 94.5 Å². The first kappa shape index (κ1) is 40.5. The molecule has 4 aliphatic heterocycles. The second kappa shape index (κ2) is 15.1. The number of carbonyl (C=O) groups excluding carboxylic acids is 1. The fraction of sp³-hybridized carbons (Fsp3) is 0.927. The Hall–Kier alpha value is -1.27. The molecule has 0 aromatic rings. The number of aliphatic hydroxyl groups excluding tert-OH is 5.